The molecular formula is C27H38N8O4. The van der Waals surface area contributed by atoms with E-state index in [1.54, 1.807) is 25.3 Å². The Bertz CT molecular complexity index is 1160. The monoisotopic (exact) mass is 538 g/mol. The molecule has 0 saturated carbocycles. The van der Waals surface area contributed by atoms with Crippen molar-refractivity contribution in [1.29, 1.82) is 0 Å². The minimum absolute atomic E-state index is 0.129. The summed E-state index contributed by atoms with van der Waals surface area (Å²) in [6, 6.07) is 15.0. The normalized spacial score (nSPS) is 10.8. The highest BCUT2D eigenvalue weighted by molar-refractivity contribution is 5.95. The molecule has 0 aliphatic rings. The molecule has 12 nitrogen and oxygen atoms in total. The lowest BCUT2D eigenvalue weighted by atomic mass is 10.2. The lowest BCUT2D eigenvalue weighted by Gasteiger charge is -2.13. The van der Waals surface area contributed by atoms with E-state index >= 15 is 0 Å². The molecule has 3 aromatic rings. The van der Waals surface area contributed by atoms with Crippen LogP contribution in [0.3, 0.4) is 0 Å². The van der Waals surface area contributed by atoms with Crippen molar-refractivity contribution in [2.45, 2.75) is 26.4 Å². The van der Waals surface area contributed by atoms with Crippen LogP contribution in [-0.4, -0.2) is 73.5 Å². The lowest BCUT2D eigenvalue weighted by Crippen LogP contribution is -2.27. The third-order valence-electron chi connectivity index (χ3n) is 5.21. The van der Waals surface area contributed by atoms with Crippen LogP contribution < -0.4 is 31.7 Å². The Balaban J connectivity index is 1.60. The minimum atomic E-state index is -0.207. The smallest absolute Gasteiger partial charge is 0.251 e. The maximum Gasteiger partial charge on any atom is 0.251 e. The van der Waals surface area contributed by atoms with E-state index in [9.17, 15) is 4.79 Å². The Morgan fingerprint density at radius 2 is 1.64 bits per heavy atom. The van der Waals surface area contributed by atoms with Crippen LogP contribution in [0.5, 0.6) is 5.75 Å². The first-order valence-corrected chi connectivity index (χ1v) is 12.9. The number of methoxy groups -OCH3 is 1. The summed E-state index contributed by atoms with van der Waals surface area (Å²) in [5, 5.41) is 12.5. The molecule has 2 aromatic carbocycles. The minimum Gasteiger partial charge on any atom is -0.497 e. The summed E-state index contributed by atoms with van der Waals surface area (Å²) in [6.45, 7) is 7.21. The van der Waals surface area contributed by atoms with Crippen molar-refractivity contribution in [3.05, 3.63) is 59.7 Å². The fourth-order valence-corrected chi connectivity index (χ4v) is 3.37. The Hall–Kier alpha value is -4.00. The number of ether oxygens (including phenoxy) is 3. The standard InChI is InChI=1S/C27H38N8O4/c1-19(2)31-26-33-25(30-18-20-7-9-23(37-3)10-8-20)34-27(35-26)32-22-6-4-5-21(17-22)24(36)29-12-14-39-16-15-38-13-11-28/h4-10,17,19H,11-16,18,28H2,1-3H3,(H,29,36)(H3,30,31,32,33,34,35). The van der Waals surface area contributed by atoms with Gasteiger partial charge >= 0.3 is 0 Å². The van der Waals surface area contributed by atoms with Gasteiger partial charge < -0.3 is 41.2 Å². The number of nitrogens with two attached hydrogens (primary N) is 1. The zero-order valence-corrected chi connectivity index (χ0v) is 22.7. The quantitative estimate of drug-likeness (QED) is 0.161. The van der Waals surface area contributed by atoms with Crippen molar-refractivity contribution in [2.24, 2.45) is 5.73 Å². The largest absolute Gasteiger partial charge is 0.497 e. The summed E-state index contributed by atoms with van der Waals surface area (Å²) in [7, 11) is 1.64. The molecule has 0 spiro atoms. The Morgan fingerprint density at radius 1 is 0.923 bits per heavy atom. The van der Waals surface area contributed by atoms with Crippen LogP contribution in [0.15, 0.2) is 48.5 Å². The molecule has 0 unspecified atom stereocenters. The van der Waals surface area contributed by atoms with Crippen molar-refractivity contribution < 1.29 is 19.0 Å². The molecule has 1 amide bonds. The highest BCUT2D eigenvalue weighted by Gasteiger charge is 2.10. The van der Waals surface area contributed by atoms with Gasteiger partial charge in [-0.3, -0.25) is 4.79 Å². The molecule has 0 fully saturated rings. The van der Waals surface area contributed by atoms with Crippen molar-refractivity contribution >= 4 is 29.4 Å². The third kappa shape index (κ3) is 10.7. The zero-order valence-electron chi connectivity index (χ0n) is 22.7. The molecule has 0 aliphatic heterocycles. The molecule has 1 aromatic heterocycles. The van der Waals surface area contributed by atoms with E-state index in [-0.39, 0.29) is 11.9 Å². The molecule has 210 valence electrons. The fourth-order valence-electron chi connectivity index (χ4n) is 3.37. The van der Waals surface area contributed by atoms with Gasteiger partial charge in [0.1, 0.15) is 5.75 Å². The van der Waals surface area contributed by atoms with Crippen LogP contribution in [-0.2, 0) is 16.0 Å². The van der Waals surface area contributed by atoms with Gasteiger partial charge in [0.2, 0.25) is 17.8 Å². The topological polar surface area (TPSA) is 158 Å². The number of hydrogen-bond acceptors (Lipinski definition) is 11. The first kappa shape index (κ1) is 29.6. The number of benzene rings is 2. The Morgan fingerprint density at radius 3 is 2.36 bits per heavy atom. The molecule has 0 aliphatic carbocycles. The summed E-state index contributed by atoms with van der Waals surface area (Å²) in [4.78, 5) is 26.1. The number of nitrogens with zero attached hydrogens (tertiary/aromatic N) is 3. The molecule has 0 atom stereocenters. The molecular weight excluding hydrogens is 500 g/mol. The van der Waals surface area contributed by atoms with E-state index in [4.69, 9.17) is 19.9 Å². The van der Waals surface area contributed by atoms with Gasteiger partial charge in [0, 0.05) is 36.9 Å². The van der Waals surface area contributed by atoms with Gasteiger partial charge in [-0.15, -0.1) is 0 Å². The Labute approximate surface area is 229 Å². The van der Waals surface area contributed by atoms with Crippen LogP contribution in [0.25, 0.3) is 0 Å². The number of nitrogens with one attached hydrogen (secondary N) is 4. The molecule has 12 heteroatoms. The van der Waals surface area contributed by atoms with Crippen molar-refractivity contribution in [3.8, 4) is 5.75 Å². The summed E-state index contributed by atoms with van der Waals surface area (Å²) >= 11 is 0. The average Bonchev–Trinajstić information content (AvgIpc) is 2.93. The highest BCUT2D eigenvalue weighted by Crippen LogP contribution is 2.19. The molecule has 39 heavy (non-hydrogen) atoms. The van der Waals surface area contributed by atoms with Crippen molar-refractivity contribution in [1.82, 2.24) is 20.3 Å². The number of amides is 1. The van der Waals surface area contributed by atoms with Crippen molar-refractivity contribution in [2.75, 3.05) is 62.6 Å². The number of hydrogen-bond donors (Lipinski definition) is 5. The van der Waals surface area contributed by atoms with E-state index in [0.717, 1.165) is 11.3 Å². The van der Waals surface area contributed by atoms with Gasteiger partial charge in [-0.25, -0.2) is 0 Å². The van der Waals surface area contributed by atoms with Crippen LogP contribution >= 0.6 is 0 Å². The number of aromatic nitrogens is 3. The van der Waals surface area contributed by atoms with Gasteiger partial charge in [-0.05, 0) is 49.7 Å². The second-order valence-electron chi connectivity index (χ2n) is 8.78. The van der Waals surface area contributed by atoms with Crippen LogP contribution in [0.2, 0.25) is 0 Å². The van der Waals surface area contributed by atoms with E-state index in [2.05, 4.69) is 36.2 Å². The van der Waals surface area contributed by atoms with Gasteiger partial charge in [0.05, 0.1) is 33.5 Å². The van der Waals surface area contributed by atoms with Gasteiger partial charge in [-0.2, -0.15) is 15.0 Å². The van der Waals surface area contributed by atoms with Crippen LogP contribution in [0.4, 0.5) is 23.5 Å². The van der Waals surface area contributed by atoms with E-state index < -0.39 is 0 Å². The predicted molar refractivity (Wildman–Crippen MR) is 152 cm³/mol. The summed E-state index contributed by atoms with van der Waals surface area (Å²) < 4.78 is 15.9. The molecule has 6 N–H and O–H groups in total. The molecule has 0 radical (unpaired) electrons. The van der Waals surface area contributed by atoms with Crippen LogP contribution in [0, 0.1) is 0 Å². The predicted octanol–water partition coefficient (Wildman–Crippen LogP) is 2.78. The summed E-state index contributed by atoms with van der Waals surface area (Å²) in [5.74, 6) is 1.77. The summed E-state index contributed by atoms with van der Waals surface area (Å²) in [6.07, 6.45) is 0. The summed E-state index contributed by atoms with van der Waals surface area (Å²) in [5.41, 5.74) is 7.58. The van der Waals surface area contributed by atoms with Gasteiger partial charge in [-0.1, -0.05) is 18.2 Å². The van der Waals surface area contributed by atoms with E-state index in [0.29, 0.717) is 75.2 Å². The highest BCUT2D eigenvalue weighted by atomic mass is 16.5. The number of carbonyl (C=O) groups is 1. The Kier molecular flexibility index (Phi) is 12.2. The number of carbonyl (C=O) groups excluding carboxylic acids is 1. The SMILES string of the molecule is COc1ccc(CNc2nc(Nc3cccc(C(=O)NCCOCCOCCN)c3)nc(NC(C)C)n2)cc1. The lowest BCUT2D eigenvalue weighted by molar-refractivity contribution is 0.0511. The van der Waals surface area contributed by atoms with Gasteiger partial charge in [0.15, 0.2) is 0 Å². The number of anilines is 4. The molecule has 0 bridgehead atoms. The first-order valence-electron chi connectivity index (χ1n) is 12.9. The average molecular weight is 539 g/mol. The van der Waals surface area contributed by atoms with E-state index in [1.807, 2.05) is 44.2 Å². The molecule has 3 rings (SSSR count). The van der Waals surface area contributed by atoms with E-state index in [1.165, 1.54) is 0 Å². The second kappa shape index (κ2) is 16.1. The number of rotatable bonds is 17. The second-order valence-corrected chi connectivity index (χ2v) is 8.78. The first-order chi connectivity index (χ1) is 19.0. The van der Waals surface area contributed by atoms with Crippen molar-refractivity contribution in [3.63, 3.8) is 0 Å². The fraction of sp³-hybridized carbons (Fsp3) is 0.407. The molecule has 0 saturated heterocycles. The molecule has 1 heterocycles. The third-order valence-corrected chi connectivity index (χ3v) is 5.21. The van der Waals surface area contributed by atoms with Gasteiger partial charge in [0.25, 0.3) is 5.91 Å². The maximum atomic E-state index is 12.6. The van der Waals surface area contributed by atoms with Crippen LogP contribution in [0.1, 0.15) is 29.8 Å². The zero-order chi connectivity index (χ0) is 27.9. The maximum absolute atomic E-state index is 12.6.